The van der Waals surface area contributed by atoms with Crippen LogP contribution in [0, 0.1) is 0 Å². The molecule has 2 amide bonds. The summed E-state index contributed by atoms with van der Waals surface area (Å²) in [6, 6.07) is 7.80. The lowest BCUT2D eigenvalue weighted by Gasteiger charge is -2.23. The third-order valence-electron chi connectivity index (χ3n) is 4.18. The zero-order valence-corrected chi connectivity index (χ0v) is 16.5. The van der Waals surface area contributed by atoms with Crippen molar-refractivity contribution in [2.45, 2.75) is 18.9 Å². The zero-order chi connectivity index (χ0) is 19.4. The van der Waals surface area contributed by atoms with Gasteiger partial charge in [-0.3, -0.25) is 14.5 Å². The molecule has 6 nitrogen and oxygen atoms in total. The molecule has 27 heavy (non-hydrogen) atoms. The molecule has 1 aromatic carbocycles. The van der Waals surface area contributed by atoms with Gasteiger partial charge in [-0.15, -0.1) is 0 Å². The molecular weight excluding hydrogens is 411 g/mol. The lowest BCUT2D eigenvalue weighted by atomic mass is 10.2. The quantitative estimate of drug-likeness (QED) is 0.705. The van der Waals surface area contributed by atoms with Crippen molar-refractivity contribution in [2.24, 2.45) is 0 Å². The molecule has 1 atom stereocenters. The van der Waals surface area contributed by atoms with E-state index in [1.165, 1.54) is 0 Å². The highest BCUT2D eigenvalue weighted by Crippen LogP contribution is 2.24. The molecule has 142 valence electrons. The lowest BCUT2D eigenvalue weighted by Crippen LogP contribution is -2.43. The van der Waals surface area contributed by atoms with Crippen molar-refractivity contribution in [3.05, 3.63) is 51.7 Å². The number of hydrogen-bond acceptors (Lipinski definition) is 4. The van der Waals surface area contributed by atoms with E-state index in [1.807, 2.05) is 4.90 Å². The fourth-order valence-corrected chi connectivity index (χ4v) is 3.71. The van der Waals surface area contributed by atoms with E-state index in [9.17, 15) is 9.59 Å². The summed E-state index contributed by atoms with van der Waals surface area (Å²) in [6.07, 6.45) is 3.04. The Morgan fingerprint density at radius 1 is 1.15 bits per heavy atom. The third kappa shape index (κ3) is 5.32. The van der Waals surface area contributed by atoms with Gasteiger partial charge < -0.3 is 10.6 Å². The number of halogens is 3. The molecule has 0 radical (unpaired) electrons. The first-order valence-corrected chi connectivity index (χ1v) is 9.47. The van der Waals surface area contributed by atoms with E-state index < -0.39 is 6.04 Å². The van der Waals surface area contributed by atoms with Crippen LogP contribution in [-0.4, -0.2) is 40.8 Å². The number of likely N-dealkylation sites (tertiary alicyclic amines) is 1. The van der Waals surface area contributed by atoms with Crippen LogP contribution in [0.3, 0.4) is 0 Å². The standard InChI is InChI=1S/C18H17Cl3N4O2/c19-11-7-12(20)9-13(8-11)23-18(27)15-4-2-6-25(15)10-16(26)24-14-3-1-5-22-17(14)21/h1,3,5,7-9,15H,2,4,6,10H2,(H,23,27)(H,24,26). The smallest absolute Gasteiger partial charge is 0.241 e. The largest absolute Gasteiger partial charge is 0.325 e. The van der Waals surface area contributed by atoms with Gasteiger partial charge in [0, 0.05) is 21.9 Å². The number of carbonyl (C=O) groups excluding carboxylic acids is 2. The van der Waals surface area contributed by atoms with Gasteiger partial charge in [0.25, 0.3) is 0 Å². The maximum Gasteiger partial charge on any atom is 0.241 e. The first kappa shape index (κ1) is 19.9. The van der Waals surface area contributed by atoms with Gasteiger partial charge in [0.05, 0.1) is 18.3 Å². The first-order valence-electron chi connectivity index (χ1n) is 8.34. The monoisotopic (exact) mass is 426 g/mol. The van der Waals surface area contributed by atoms with Crippen LogP contribution in [0.1, 0.15) is 12.8 Å². The zero-order valence-electron chi connectivity index (χ0n) is 14.2. The van der Waals surface area contributed by atoms with Crippen LogP contribution in [-0.2, 0) is 9.59 Å². The Balaban J connectivity index is 1.61. The number of benzene rings is 1. The van der Waals surface area contributed by atoms with Crippen molar-refractivity contribution in [1.82, 2.24) is 9.88 Å². The van der Waals surface area contributed by atoms with Crippen molar-refractivity contribution in [3.63, 3.8) is 0 Å². The molecule has 2 aromatic rings. The molecule has 0 aliphatic carbocycles. The van der Waals surface area contributed by atoms with Crippen LogP contribution >= 0.6 is 34.8 Å². The van der Waals surface area contributed by atoms with E-state index in [2.05, 4.69) is 15.6 Å². The van der Waals surface area contributed by atoms with E-state index in [4.69, 9.17) is 34.8 Å². The SMILES string of the molecule is O=C(CN1CCCC1C(=O)Nc1cc(Cl)cc(Cl)c1)Nc1cccnc1Cl. The van der Waals surface area contributed by atoms with Gasteiger partial charge in [0.1, 0.15) is 0 Å². The van der Waals surface area contributed by atoms with Gasteiger partial charge in [0.15, 0.2) is 5.15 Å². The van der Waals surface area contributed by atoms with E-state index in [0.717, 1.165) is 6.42 Å². The Hall–Kier alpha value is -1.86. The van der Waals surface area contributed by atoms with Gasteiger partial charge in [-0.05, 0) is 49.7 Å². The molecule has 3 rings (SSSR count). The maximum absolute atomic E-state index is 12.6. The van der Waals surface area contributed by atoms with Gasteiger partial charge in [-0.1, -0.05) is 34.8 Å². The number of amides is 2. The van der Waals surface area contributed by atoms with Crippen LogP contribution < -0.4 is 10.6 Å². The fraction of sp³-hybridized carbons (Fsp3) is 0.278. The van der Waals surface area contributed by atoms with Gasteiger partial charge in [0.2, 0.25) is 11.8 Å². The third-order valence-corrected chi connectivity index (χ3v) is 4.91. The summed E-state index contributed by atoms with van der Waals surface area (Å²) < 4.78 is 0. The number of anilines is 2. The molecule has 2 N–H and O–H groups in total. The highest BCUT2D eigenvalue weighted by atomic mass is 35.5. The van der Waals surface area contributed by atoms with Gasteiger partial charge in [-0.2, -0.15) is 0 Å². The summed E-state index contributed by atoms with van der Waals surface area (Å²) in [4.78, 5) is 30.7. The summed E-state index contributed by atoms with van der Waals surface area (Å²) in [5.41, 5.74) is 0.967. The van der Waals surface area contributed by atoms with Crippen molar-refractivity contribution < 1.29 is 9.59 Å². The number of pyridine rings is 1. The van der Waals surface area contributed by atoms with E-state index in [0.29, 0.717) is 34.4 Å². The van der Waals surface area contributed by atoms with Crippen molar-refractivity contribution in [2.75, 3.05) is 23.7 Å². The lowest BCUT2D eigenvalue weighted by molar-refractivity contribution is -0.122. The summed E-state index contributed by atoms with van der Waals surface area (Å²) in [6.45, 7) is 0.738. The predicted octanol–water partition coefficient (Wildman–Crippen LogP) is 4.08. The molecule has 9 heteroatoms. The maximum atomic E-state index is 12.6. The minimum absolute atomic E-state index is 0.0829. The second kappa shape index (κ2) is 8.89. The molecule has 0 saturated carbocycles. The highest BCUT2D eigenvalue weighted by molar-refractivity contribution is 6.35. The highest BCUT2D eigenvalue weighted by Gasteiger charge is 2.32. The number of carbonyl (C=O) groups is 2. The number of nitrogens with one attached hydrogen (secondary N) is 2. The second-order valence-corrected chi connectivity index (χ2v) is 7.40. The molecule has 1 unspecified atom stereocenters. The average molecular weight is 428 g/mol. The minimum Gasteiger partial charge on any atom is -0.325 e. The Morgan fingerprint density at radius 3 is 2.59 bits per heavy atom. The summed E-state index contributed by atoms with van der Waals surface area (Å²) in [7, 11) is 0. The molecular formula is C18H17Cl3N4O2. The van der Waals surface area contributed by atoms with E-state index in [-0.39, 0.29) is 23.5 Å². The van der Waals surface area contributed by atoms with Crippen LogP contribution in [0.4, 0.5) is 11.4 Å². The molecule has 1 aliphatic heterocycles. The molecule has 2 heterocycles. The molecule has 1 aliphatic rings. The molecule has 1 aromatic heterocycles. The van der Waals surface area contributed by atoms with Crippen LogP contribution in [0.15, 0.2) is 36.5 Å². The van der Waals surface area contributed by atoms with Crippen molar-refractivity contribution >= 4 is 58.0 Å². The molecule has 1 saturated heterocycles. The molecule has 1 fully saturated rings. The molecule has 0 bridgehead atoms. The first-order chi connectivity index (χ1) is 12.9. The van der Waals surface area contributed by atoms with E-state index in [1.54, 1.807) is 36.5 Å². The van der Waals surface area contributed by atoms with Crippen molar-refractivity contribution in [1.29, 1.82) is 0 Å². The fourth-order valence-electron chi connectivity index (χ4n) is 3.02. The van der Waals surface area contributed by atoms with E-state index >= 15 is 0 Å². The minimum atomic E-state index is -0.405. The predicted molar refractivity (Wildman–Crippen MR) is 108 cm³/mol. The van der Waals surface area contributed by atoms with Gasteiger partial charge >= 0.3 is 0 Å². The number of nitrogens with zero attached hydrogens (tertiary/aromatic N) is 2. The Bertz CT molecular complexity index is 842. The normalized spacial score (nSPS) is 16.9. The van der Waals surface area contributed by atoms with Crippen molar-refractivity contribution in [3.8, 4) is 0 Å². The van der Waals surface area contributed by atoms with Crippen LogP contribution in [0.5, 0.6) is 0 Å². The molecule has 0 spiro atoms. The topological polar surface area (TPSA) is 74.3 Å². The van der Waals surface area contributed by atoms with Crippen LogP contribution in [0.25, 0.3) is 0 Å². The average Bonchev–Trinajstić information content (AvgIpc) is 3.04. The Morgan fingerprint density at radius 2 is 1.89 bits per heavy atom. The van der Waals surface area contributed by atoms with Crippen LogP contribution in [0.2, 0.25) is 15.2 Å². The Kier molecular flexibility index (Phi) is 6.55. The summed E-state index contributed by atoms with van der Waals surface area (Å²) >= 11 is 17.9. The number of hydrogen-bond donors (Lipinski definition) is 2. The van der Waals surface area contributed by atoms with Gasteiger partial charge in [-0.25, -0.2) is 4.98 Å². The number of rotatable bonds is 5. The Labute approximate surface area is 171 Å². The summed E-state index contributed by atoms with van der Waals surface area (Å²) in [5.74, 6) is -0.451. The number of aromatic nitrogens is 1. The summed E-state index contributed by atoms with van der Waals surface area (Å²) in [5, 5.41) is 6.63. The second-order valence-electron chi connectivity index (χ2n) is 6.17.